The first-order chi connectivity index (χ1) is 18.4. The molecule has 2 aliphatic rings. The van der Waals surface area contributed by atoms with Crippen LogP contribution < -0.4 is 4.74 Å². The lowest BCUT2D eigenvalue weighted by Gasteiger charge is -2.30. The molecule has 0 spiro atoms. The molecule has 0 amide bonds. The predicted octanol–water partition coefficient (Wildman–Crippen LogP) is 5.54. The van der Waals surface area contributed by atoms with E-state index in [9.17, 15) is 9.90 Å². The van der Waals surface area contributed by atoms with Gasteiger partial charge in [0.05, 0.1) is 11.9 Å². The minimum atomic E-state index is -0.808. The zero-order valence-electron chi connectivity index (χ0n) is 22.2. The number of carboxylic acid groups (broad SMARTS) is 1. The third kappa shape index (κ3) is 4.35. The van der Waals surface area contributed by atoms with Gasteiger partial charge in [-0.05, 0) is 66.1 Å². The first kappa shape index (κ1) is 24.6. The number of nitrogens with zero attached hydrogens (tertiary/aromatic N) is 4. The fourth-order valence-electron chi connectivity index (χ4n) is 6.36. The van der Waals surface area contributed by atoms with E-state index in [2.05, 4.69) is 58.5 Å². The minimum Gasteiger partial charge on any atom is -0.489 e. The highest BCUT2D eigenvalue weighted by Gasteiger charge is 2.33. The number of carboxylic acids is 1. The second-order valence-corrected chi connectivity index (χ2v) is 10.7. The fourth-order valence-corrected chi connectivity index (χ4v) is 6.36. The number of benzene rings is 3. The fraction of sp³-hybridized carbons (Fsp3) is 0.387. The topological polar surface area (TPSA) is 80.5 Å². The molecule has 38 heavy (non-hydrogen) atoms. The van der Waals surface area contributed by atoms with Gasteiger partial charge in [-0.25, -0.2) is 4.68 Å². The number of hydrogen-bond donors (Lipinski definition) is 1. The highest BCUT2D eigenvalue weighted by molar-refractivity contribution is 5.80. The number of rotatable bonds is 6. The van der Waals surface area contributed by atoms with Gasteiger partial charge < -0.3 is 9.84 Å². The molecule has 2 heterocycles. The maximum absolute atomic E-state index is 12.1. The van der Waals surface area contributed by atoms with Crippen molar-refractivity contribution in [3.05, 3.63) is 88.0 Å². The van der Waals surface area contributed by atoms with E-state index < -0.39 is 5.97 Å². The number of hydrogen-bond acceptors (Lipinski definition) is 5. The third-order valence-corrected chi connectivity index (χ3v) is 8.43. The zero-order chi connectivity index (χ0) is 26.4. The molecule has 7 nitrogen and oxygen atoms in total. The van der Waals surface area contributed by atoms with Crippen LogP contribution in [0.1, 0.15) is 71.5 Å². The van der Waals surface area contributed by atoms with Crippen LogP contribution in [-0.2, 0) is 24.8 Å². The molecule has 1 aliphatic carbocycles. The summed E-state index contributed by atoms with van der Waals surface area (Å²) < 4.78 is 8.13. The number of fused-ring (bicyclic) bond motifs is 3. The Labute approximate surface area is 223 Å². The van der Waals surface area contributed by atoms with Crippen molar-refractivity contribution in [2.45, 2.75) is 64.1 Å². The Morgan fingerprint density at radius 2 is 2.00 bits per heavy atom. The predicted molar refractivity (Wildman–Crippen MR) is 146 cm³/mol. The molecule has 0 fully saturated rings. The summed E-state index contributed by atoms with van der Waals surface area (Å²) in [7, 11) is 1.87. The summed E-state index contributed by atoms with van der Waals surface area (Å²) in [6.45, 7) is 5.93. The highest BCUT2D eigenvalue weighted by atomic mass is 16.5. The SMILES string of the molecule is CC[C@@H]1CN(C2CCc3ccc(C(CC(=O)O)c4ccc5c(nnn5C)c4C)cc32)Cc2ccccc2O1. The van der Waals surface area contributed by atoms with Crippen molar-refractivity contribution < 1.29 is 14.6 Å². The van der Waals surface area contributed by atoms with Gasteiger partial charge in [-0.2, -0.15) is 0 Å². The van der Waals surface area contributed by atoms with Gasteiger partial charge in [0, 0.05) is 37.7 Å². The quantitative estimate of drug-likeness (QED) is 0.367. The van der Waals surface area contributed by atoms with E-state index in [1.54, 1.807) is 4.68 Å². The molecular weight excluding hydrogens is 476 g/mol. The van der Waals surface area contributed by atoms with Gasteiger partial charge in [0.2, 0.25) is 0 Å². The molecule has 196 valence electrons. The van der Waals surface area contributed by atoms with Gasteiger partial charge in [0.15, 0.2) is 0 Å². The second kappa shape index (κ2) is 9.87. The van der Waals surface area contributed by atoms with E-state index in [0.29, 0.717) is 0 Å². The Kier molecular flexibility index (Phi) is 6.40. The Balaban J connectivity index is 1.39. The summed E-state index contributed by atoms with van der Waals surface area (Å²) in [6, 6.07) is 19.3. The third-order valence-electron chi connectivity index (χ3n) is 8.43. The molecule has 0 saturated carbocycles. The van der Waals surface area contributed by atoms with Crippen LogP contribution in [0, 0.1) is 6.92 Å². The molecule has 1 N–H and O–H groups in total. The van der Waals surface area contributed by atoms with E-state index >= 15 is 0 Å². The van der Waals surface area contributed by atoms with Gasteiger partial charge in [-0.3, -0.25) is 9.69 Å². The lowest BCUT2D eigenvalue weighted by molar-refractivity contribution is -0.137. The Hall–Kier alpha value is -3.71. The van der Waals surface area contributed by atoms with E-state index in [-0.39, 0.29) is 24.5 Å². The molecule has 0 bridgehead atoms. The van der Waals surface area contributed by atoms with Gasteiger partial charge in [0.25, 0.3) is 0 Å². The molecule has 1 aliphatic heterocycles. The van der Waals surface area contributed by atoms with Crippen LogP contribution in [0.2, 0.25) is 0 Å². The Morgan fingerprint density at radius 3 is 2.82 bits per heavy atom. The number of aromatic nitrogens is 3. The summed E-state index contributed by atoms with van der Waals surface area (Å²) >= 11 is 0. The van der Waals surface area contributed by atoms with Crippen LogP contribution in [0.5, 0.6) is 5.75 Å². The summed E-state index contributed by atoms with van der Waals surface area (Å²) in [5.41, 5.74) is 8.72. The molecule has 3 aromatic carbocycles. The van der Waals surface area contributed by atoms with Gasteiger partial charge in [-0.15, -0.1) is 5.10 Å². The molecule has 1 aromatic heterocycles. The lowest BCUT2D eigenvalue weighted by Crippen LogP contribution is -2.34. The van der Waals surface area contributed by atoms with Gasteiger partial charge in [-0.1, -0.05) is 54.6 Å². The standard InChI is InChI=1S/C31H34N4O3/c1-4-23-18-35(17-22-7-5-6-8-29(22)38-23)27-13-11-20-9-10-21(15-26(20)27)25(16-30(36)37)24-12-14-28-31(19(24)2)32-33-34(28)3/h5-10,12,14-15,23,25,27H,4,11,13,16-18H2,1-3H3,(H,36,37)/t23-,25?,27?/m1/s1. The van der Waals surface area contributed by atoms with Gasteiger partial charge >= 0.3 is 5.97 Å². The van der Waals surface area contributed by atoms with Crippen LogP contribution in [0.15, 0.2) is 54.6 Å². The van der Waals surface area contributed by atoms with Crippen molar-refractivity contribution in [1.29, 1.82) is 0 Å². The Bertz CT molecular complexity index is 1510. The maximum Gasteiger partial charge on any atom is 0.304 e. The van der Waals surface area contributed by atoms with Crippen LogP contribution in [0.25, 0.3) is 11.0 Å². The van der Waals surface area contributed by atoms with Crippen molar-refractivity contribution >= 4 is 17.0 Å². The molecule has 7 heteroatoms. The number of carbonyl (C=O) groups is 1. The van der Waals surface area contributed by atoms with Crippen molar-refractivity contribution in [2.24, 2.45) is 7.05 Å². The van der Waals surface area contributed by atoms with E-state index in [1.807, 2.05) is 32.2 Å². The summed E-state index contributed by atoms with van der Waals surface area (Å²) in [5.74, 6) is -0.0787. The van der Waals surface area contributed by atoms with E-state index in [4.69, 9.17) is 4.74 Å². The molecule has 2 unspecified atom stereocenters. The normalized spacial score (nSPS) is 20.0. The molecule has 6 rings (SSSR count). The number of para-hydroxylation sites is 1. The van der Waals surface area contributed by atoms with Crippen molar-refractivity contribution in [3.8, 4) is 5.75 Å². The number of aliphatic carboxylic acids is 1. The molecule has 0 saturated heterocycles. The minimum absolute atomic E-state index is 0.0267. The van der Waals surface area contributed by atoms with Crippen LogP contribution in [-0.4, -0.2) is 43.6 Å². The number of ether oxygens (including phenoxy) is 1. The smallest absolute Gasteiger partial charge is 0.304 e. The number of aryl methyl sites for hydroxylation is 3. The first-order valence-corrected chi connectivity index (χ1v) is 13.5. The molecular formula is C31H34N4O3. The zero-order valence-corrected chi connectivity index (χ0v) is 22.2. The average Bonchev–Trinajstić information content (AvgIpc) is 3.45. The largest absolute Gasteiger partial charge is 0.489 e. The summed E-state index contributed by atoms with van der Waals surface area (Å²) in [4.78, 5) is 14.6. The second-order valence-electron chi connectivity index (χ2n) is 10.7. The Morgan fingerprint density at radius 1 is 1.16 bits per heavy atom. The molecule has 0 radical (unpaired) electrons. The first-order valence-electron chi connectivity index (χ1n) is 13.5. The van der Waals surface area contributed by atoms with E-state index in [1.165, 1.54) is 16.7 Å². The van der Waals surface area contributed by atoms with Crippen LogP contribution in [0.3, 0.4) is 0 Å². The van der Waals surface area contributed by atoms with E-state index in [0.717, 1.165) is 65.8 Å². The van der Waals surface area contributed by atoms with Crippen LogP contribution in [0.4, 0.5) is 0 Å². The lowest BCUT2D eigenvalue weighted by atomic mass is 9.84. The molecule has 3 atom stereocenters. The maximum atomic E-state index is 12.1. The van der Waals surface area contributed by atoms with Crippen LogP contribution >= 0.6 is 0 Å². The average molecular weight is 511 g/mol. The highest BCUT2D eigenvalue weighted by Crippen LogP contribution is 2.42. The summed E-state index contributed by atoms with van der Waals surface area (Å²) in [6.07, 6.45) is 3.22. The van der Waals surface area contributed by atoms with Crippen molar-refractivity contribution in [2.75, 3.05) is 6.54 Å². The monoisotopic (exact) mass is 510 g/mol. The molecule has 4 aromatic rings. The van der Waals surface area contributed by atoms with Gasteiger partial charge in [0.1, 0.15) is 17.4 Å². The van der Waals surface area contributed by atoms with Crippen molar-refractivity contribution in [1.82, 2.24) is 19.9 Å². The van der Waals surface area contributed by atoms with Crippen molar-refractivity contribution in [3.63, 3.8) is 0 Å². The summed E-state index contributed by atoms with van der Waals surface area (Å²) in [5, 5.41) is 18.4.